The number of para-hydroxylation sites is 1. The van der Waals surface area contributed by atoms with Gasteiger partial charge in [0, 0.05) is 30.9 Å². The SMILES string of the molecule is Cc1cccc2c(F)cn(CCCCn3cc(Br)cn3)c12. The molecule has 0 aliphatic rings. The summed E-state index contributed by atoms with van der Waals surface area (Å²) in [6, 6.07) is 5.77. The summed E-state index contributed by atoms with van der Waals surface area (Å²) in [5, 5.41) is 4.95. The van der Waals surface area contributed by atoms with Gasteiger partial charge in [-0.3, -0.25) is 4.68 Å². The van der Waals surface area contributed by atoms with Gasteiger partial charge < -0.3 is 4.57 Å². The number of aryl methyl sites for hydroxylation is 3. The van der Waals surface area contributed by atoms with Gasteiger partial charge >= 0.3 is 0 Å². The van der Waals surface area contributed by atoms with Gasteiger partial charge in [-0.2, -0.15) is 5.10 Å². The van der Waals surface area contributed by atoms with Gasteiger partial charge in [-0.15, -0.1) is 0 Å². The minimum Gasteiger partial charge on any atom is -0.344 e. The van der Waals surface area contributed by atoms with Crippen molar-refractivity contribution in [3.63, 3.8) is 0 Å². The van der Waals surface area contributed by atoms with Crippen molar-refractivity contribution in [3.8, 4) is 0 Å². The maximum atomic E-state index is 13.9. The molecule has 3 aromatic rings. The van der Waals surface area contributed by atoms with Gasteiger partial charge in [0.2, 0.25) is 0 Å². The Balaban J connectivity index is 1.65. The summed E-state index contributed by atoms with van der Waals surface area (Å²) in [4.78, 5) is 0. The summed E-state index contributed by atoms with van der Waals surface area (Å²) >= 11 is 3.39. The van der Waals surface area contributed by atoms with E-state index in [0.29, 0.717) is 5.39 Å². The van der Waals surface area contributed by atoms with Crippen LogP contribution in [0.15, 0.2) is 41.3 Å². The standard InChI is InChI=1S/C16H17BrFN3/c1-12-5-4-6-14-15(18)11-20(16(12)14)7-2-3-8-21-10-13(17)9-19-21/h4-6,9-11H,2-3,7-8H2,1H3. The fraction of sp³-hybridized carbons (Fsp3) is 0.312. The van der Waals surface area contributed by atoms with E-state index in [0.717, 1.165) is 41.5 Å². The van der Waals surface area contributed by atoms with E-state index in [2.05, 4.69) is 21.0 Å². The minimum atomic E-state index is -0.135. The molecule has 0 spiro atoms. The Morgan fingerprint density at radius 2 is 2.00 bits per heavy atom. The smallest absolute Gasteiger partial charge is 0.148 e. The number of benzene rings is 1. The Kier molecular flexibility index (Phi) is 4.10. The number of fused-ring (bicyclic) bond motifs is 1. The van der Waals surface area contributed by atoms with Crippen molar-refractivity contribution < 1.29 is 4.39 Å². The predicted molar refractivity (Wildman–Crippen MR) is 85.8 cm³/mol. The first-order valence-electron chi connectivity index (χ1n) is 7.07. The zero-order chi connectivity index (χ0) is 14.8. The lowest BCUT2D eigenvalue weighted by Gasteiger charge is -2.07. The fourth-order valence-corrected chi connectivity index (χ4v) is 3.02. The molecule has 0 atom stereocenters. The monoisotopic (exact) mass is 349 g/mol. The second kappa shape index (κ2) is 6.02. The van der Waals surface area contributed by atoms with Crippen LogP contribution in [-0.4, -0.2) is 14.3 Å². The predicted octanol–water partition coefficient (Wildman–Crippen LogP) is 4.53. The second-order valence-corrected chi connectivity index (χ2v) is 6.19. The molecule has 110 valence electrons. The minimum absolute atomic E-state index is 0.135. The summed E-state index contributed by atoms with van der Waals surface area (Å²) in [5.41, 5.74) is 2.13. The van der Waals surface area contributed by atoms with Gasteiger partial charge in [-0.25, -0.2) is 4.39 Å². The summed E-state index contributed by atoms with van der Waals surface area (Å²) in [5.74, 6) is -0.135. The average molecular weight is 350 g/mol. The van der Waals surface area contributed by atoms with Crippen molar-refractivity contribution in [1.29, 1.82) is 0 Å². The van der Waals surface area contributed by atoms with E-state index < -0.39 is 0 Å². The van der Waals surface area contributed by atoms with Gasteiger partial charge in [-0.1, -0.05) is 12.1 Å². The average Bonchev–Trinajstić information content (AvgIpc) is 3.01. The zero-order valence-corrected chi connectivity index (χ0v) is 13.5. The van der Waals surface area contributed by atoms with E-state index in [1.54, 1.807) is 12.4 Å². The third-order valence-electron chi connectivity index (χ3n) is 3.69. The molecule has 0 radical (unpaired) electrons. The highest BCUT2D eigenvalue weighted by Crippen LogP contribution is 2.23. The summed E-state index contributed by atoms with van der Waals surface area (Å²) in [7, 11) is 0. The topological polar surface area (TPSA) is 22.8 Å². The quantitative estimate of drug-likeness (QED) is 0.620. The molecule has 3 rings (SSSR count). The van der Waals surface area contributed by atoms with E-state index in [4.69, 9.17) is 0 Å². The number of hydrogen-bond acceptors (Lipinski definition) is 1. The first-order valence-corrected chi connectivity index (χ1v) is 7.86. The first-order chi connectivity index (χ1) is 10.1. The molecular formula is C16H17BrFN3. The highest BCUT2D eigenvalue weighted by molar-refractivity contribution is 9.10. The van der Waals surface area contributed by atoms with Crippen molar-refractivity contribution in [2.45, 2.75) is 32.9 Å². The molecule has 0 bridgehead atoms. The molecule has 2 aromatic heterocycles. The van der Waals surface area contributed by atoms with Gasteiger partial charge in [0.1, 0.15) is 5.82 Å². The Morgan fingerprint density at radius 1 is 1.19 bits per heavy atom. The third kappa shape index (κ3) is 3.02. The van der Waals surface area contributed by atoms with Crippen molar-refractivity contribution in [3.05, 3.63) is 52.6 Å². The summed E-state index contributed by atoms with van der Waals surface area (Å²) in [6.45, 7) is 3.74. The molecule has 1 aromatic carbocycles. The highest BCUT2D eigenvalue weighted by Gasteiger charge is 2.09. The van der Waals surface area contributed by atoms with Crippen LogP contribution in [0, 0.1) is 12.7 Å². The Bertz CT molecular complexity index is 760. The molecule has 3 nitrogen and oxygen atoms in total. The lowest BCUT2D eigenvalue weighted by Crippen LogP contribution is -2.02. The lowest BCUT2D eigenvalue weighted by atomic mass is 10.1. The first kappa shape index (κ1) is 14.3. The fourth-order valence-electron chi connectivity index (χ4n) is 2.70. The molecule has 0 amide bonds. The molecule has 0 aliphatic heterocycles. The van der Waals surface area contributed by atoms with Gasteiger partial charge in [-0.05, 0) is 47.3 Å². The maximum absolute atomic E-state index is 13.9. The number of halogens is 2. The van der Waals surface area contributed by atoms with Crippen LogP contribution in [0.3, 0.4) is 0 Å². The van der Waals surface area contributed by atoms with Crippen molar-refractivity contribution in [2.24, 2.45) is 0 Å². The Hall–Kier alpha value is -1.62. The second-order valence-electron chi connectivity index (χ2n) is 5.27. The number of hydrogen-bond donors (Lipinski definition) is 0. The van der Waals surface area contributed by atoms with Gasteiger partial charge in [0.25, 0.3) is 0 Å². The number of rotatable bonds is 5. The highest BCUT2D eigenvalue weighted by atomic mass is 79.9. The van der Waals surface area contributed by atoms with E-state index in [9.17, 15) is 4.39 Å². The Morgan fingerprint density at radius 3 is 2.76 bits per heavy atom. The molecular weight excluding hydrogens is 333 g/mol. The van der Waals surface area contributed by atoms with E-state index in [-0.39, 0.29) is 5.82 Å². The number of unbranched alkanes of at least 4 members (excludes halogenated alkanes) is 1. The van der Waals surface area contributed by atoms with Crippen LogP contribution in [0.1, 0.15) is 18.4 Å². The van der Waals surface area contributed by atoms with Crippen LogP contribution in [0.5, 0.6) is 0 Å². The van der Waals surface area contributed by atoms with Crippen LogP contribution < -0.4 is 0 Å². The van der Waals surface area contributed by atoms with Crippen LogP contribution >= 0.6 is 15.9 Å². The summed E-state index contributed by atoms with van der Waals surface area (Å²) in [6.07, 6.45) is 7.38. The molecule has 0 unspecified atom stereocenters. The van der Waals surface area contributed by atoms with Gasteiger partial charge in [0.15, 0.2) is 0 Å². The van der Waals surface area contributed by atoms with Gasteiger partial charge in [0.05, 0.1) is 16.2 Å². The van der Waals surface area contributed by atoms with Crippen molar-refractivity contribution >= 4 is 26.8 Å². The van der Waals surface area contributed by atoms with Crippen molar-refractivity contribution in [1.82, 2.24) is 14.3 Å². The maximum Gasteiger partial charge on any atom is 0.148 e. The molecule has 0 fully saturated rings. The molecule has 2 heterocycles. The van der Waals surface area contributed by atoms with Crippen LogP contribution in [0.4, 0.5) is 4.39 Å². The van der Waals surface area contributed by atoms with Crippen LogP contribution in [0.25, 0.3) is 10.9 Å². The molecule has 0 N–H and O–H groups in total. The molecule has 5 heteroatoms. The number of nitrogens with zero attached hydrogens (tertiary/aromatic N) is 3. The zero-order valence-electron chi connectivity index (χ0n) is 11.9. The normalized spacial score (nSPS) is 11.4. The molecule has 0 saturated carbocycles. The largest absolute Gasteiger partial charge is 0.344 e. The van der Waals surface area contributed by atoms with E-state index >= 15 is 0 Å². The summed E-state index contributed by atoms with van der Waals surface area (Å²) < 4.78 is 18.9. The van der Waals surface area contributed by atoms with E-state index in [1.165, 1.54) is 0 Å². The third-order valence-corrected chi connectivity index (χ3v) is 4.10. The van der Waals surface area contributed by atoms with Crippen molar-refractivity contribution in [2.75, 3.05) is 0 Å². The lowest BCUT2D eigenvalue weighted by molar-refractivity contribution is 0.523. The number of aromatic nitrogens is 3. The molecule has 0 saturated heterocycles. The molecule has 21 heavy (non-hydrogen) atoms. The van der Waals surface area contributed by atoms with Crippen LogP contribution in [0.2, 0.25) is 0 Å². The van der Waals surface area contributed by atoms with Crippen LogP contribution in [-0.2, 0) is 13.1 Å². The molecule has 0 aliphatic carbocycles. The Labute approximate surface area is 131 Å². The van der Waals surface area contributed by atoms with E-state index in [1.807, 2.05) is 40.6 Å².